The molecule has 15 amide bonds. The fourth-order valence-corrected chi connectivity index (χ4v) is 12.7. The number of aliphatic imine (C=N–C) groups is 1. The monoisotopic (exact) mass is 1710 g/mol. The van der Waals surface area contributed by atoms with E-state index in [1.807, 2.05) is 0 Å². The lowest BCUT2D eigenvalue weighted by molar-refractivity contribution is -0.142. The maximum Gasteiger partial charge on any atom is 0.326 e. The van der Waals surface area contributed by atoms with Crippen LogP contribution in [0.4, 0.5) is 0 Å². The number of aliphatic carboxylic acids is 2. The van der Waals surface area contributed by atoms with E-state index in [-0.39, 0.29) is 94.2 Å². The van der Waals surface area contributed by atoms with Crippen LogP contribution >= 0.6 is 11.8 Å². The number of nitrogens with two attached hydrogens (primary N) is 6. The minimum absolute atomic E-state index is 0.0135. The van der Waals surface area contributed by atoms with Crippen LogP contribution in [0.15, 0.2) is 48.0 Å². The Kier molecular flexibility index (Phi) is 44.3. The molecule has 120 heavy (non-hydrogen) atoms. The lowest BCUT2D eigenvalue weighted by Crippen LogP contribution is -2.64. The Morgan fingerprint density at radius 3 is 1.50 bits per heavy atom. The Morgan fingerprint density at radius 1 is 0.517 bits per heavy atom. The highest BCUT2D eigenvalue weighted by Crippen LogP contribution is 2.21. The van der Waals surface area contributed by atoms with E-state index < -0.39 is 235 Å². The summed E-state index contributed by atoms with van der Waals surface area (Å²) in [6.45, 7) is 15.5. The summed E-state index contributed by atoms with van der Waals surface area (Å²) in [7, 11) is 0. The number of nitrogens with zero attached hydrogens (tertiary/aromatic N) is 2. The molecule has 0 fully saturated rings. The zero-order valence-corrected chi connectivity index (χ0v) is 70.8. The van der Waals surface area contributed by atoms with Gasteiger partial charge >= 0.3 is 11.9 Å². The minimum Gasteiger partial charge on any atom is -0.481 e. The number of benzene rings is 1. The number of carboxylic acids is 2. The number of fused-ring (bicyclic) bond motifs is 1. The van der Waals surface area contributed by atoms with Gasteiger partial charge in [0, 0.05) is 67.6 Å². The van der Waals surface area contributed by atoms with E-state index in [0.717, 1.165) is 10.9 Å². The molecule has 0 bridgehead atoms. The van der Waals surface area contributed by atoms with Crippen LogP contribution in [0.2, 0.25) is 0 Å². The Labute approximate surface area is 700 Å². The SMILES string of the molecule is CC[C@H](C)[C@H](NC(=O)[C@H](CCC(=O)O)NC(=O)C(C)(C)NC(=O)[C@@H](NC(=O)[C@H](C)N)C(C)C)C(=O)N[C@@H](CCC(N)=O)C(=O)N[C@@H](CC(C)C)C(=O)N[C@@H](CCSC)C(=O)N[C@@H](Cc1cnc[nH]1)C(=O)N[C@@H](CCC(N)=O)C(=O)N[C@@H](CCCCN=C(N)N)C(=O)N[C@@H](C)C(=O)N[C@@H](CCCCN)C(=O)N[C@@H](Cc1c[nH]c2ccccc12)C(=O)O. The minimum atomic E-state index is -1.81. The van der Waals surface area contributed by atoms with Crippen molar-refractivity contribution in [2.24, 2.45) is 57.1 Å². The van der Waals surface area contributed by atoms with Crippen LogP contribution in [0.3, 0.4) is 0 Å². The number of carboxylic acid groups (broad SMARTS) is 2. The number of hydrogen-bond acceptors (Lipinski definition) is 22. The molecule has 0 aliphatic carbocycles. The molecular formula is C77H125N23O19S. The van der Waals surface area contributed by atoms with Crippen molar-refractivity contribution in [3.8, 4) is 0 Å². The number of aromatic nitrogens is 3. The second kappa shape index (κ2) is 51.7. The van der Waals surface area contributed by atoms with Crippen LogP contribution in [0.25, 0.3) is 10.9 Å². The molecule has 42 nitrogen and oxygen atoms in total. The van der Waals surface area contributed by atoms with Gasteiger partial charge in [-0.25, -0.2) is 9.78 Å². The number of aromatic amines is 2. The first kappa shape index (κ1) is 103. The molecule has 2 heterocycles. The number of carbonyl (C=O) groups excluding carboxylic acids is 15. The van der Waals surface area contributed by atoms with Crippen LogP contribution < -0.4 is 104 Å². The quantitative estimate of drug-likeness (QED) is 0.0147. The number of hydrogen-bond donors (Lipinski definition) is 23. The van der Waals surface area contributed by atoms with E-state index in [0.29, 0.717) is 18.4 Å². The van der Waals surface area contributed by atoms with Gasteiger partial charge in [0.15, 0.2) is 5.96 Å². The van der Waals surface area contributed by atoms with Crippen molar-refractivity contribution in [1.29, 1.82) is 0 Å². The molecule has 14 atom stereocenters. The maximum atomic E-state index is 14.8. The average Bonchev–Trinajstić information content (AvgIpc) is 1.66. The largest absolute Gasteiger partial charge is 0.481 e. The highest BCUT2D eigenvalue weighted by molar-refractivity contribution is 7.98. The lowest BCUT2D eigenvalue weighted by atomic mass is 9.96. The predicted octanol–water partition coefficient (Wildman–Crippen LogP) is -3.69. The zero-order chi connectivity index (χ0) is 90.3. The number of amides is 15. The molecule has 1 aromatic carbocycles. The highest BCUT2D eigenvalue weighted by atomic mass is 32.2. The number of nitrogens with one attached hydrogen (secondary N) is 15. The number of H-pyrrole nitrogens is 2. The van der Waals surface area contributed by atoms with Crippen molar-refractivity contribution in [3.63, 3.8) is 0 Å². The molecule has 3 aromatic rings. The van der Waals surface area contributed by atoms with Crippen LogP contribution in [0, 0.1) is 17.8 Å². The first-order valence-corrected chi connectivity index (χ1v) is 41.3. The van der Waals surface area contributed by atoms with Crippen LogP contribution in [-0.2, 0) is 94.3 Å². The summed E-state index contributed by atoms with van der Waals surface area (Å²) in [6, 6.07) is -11.8. The third-order valence-electron chi connectivity index (χ3n) is 19.4. The van der Waals surface area contributed by atoms with E-state index in [9.17, 15) is 91.7 Å². The van der Waals surface area contributed by atoms with Crippen molar-refractivity contribution in [3.05, 3.63) is 54.2 Å². The van der Waals surface area contributed by atoms with Gasteiger partial charge in [0.25, 0.3) is 0 Å². The van der Waals surface area contributed by atoms with Gasteiger partial charge in [-0.15, -0.1) is 0 Å². The summed E-state index contributed by atoms with van der Waals surface area (Å²) in [5, 5.41) is 54.1. The van der Waals surface area contributed by atoms with E-state index in [1.54, 1.807) is 78.3 Å². The van der Waals surface area contributed by atoms with Crippen molar-refractivity contribution in [2.75, 3.05) is 25.1 Å². The molecule has 29 N–H and O–H groups in total. The third-order valence-corrected chi connectivity index (χ3v) is 20.1. The molecule has 0 spiro atoms. The Hall–Kier alpha value is -11.5. The Balaban J connectivity index is 1.97. The van der Waals surface area contributed by atoms with E-state index in [2.05, 4.69) is 89.1 Å². The van der Waals surface area contributed by atoms with Gasteiger partial charge in [-0.3, -0.25) is 81.7 Å². The summed E-state index contributed by atoms with van der Waals surface area (Å²) in [6.07, 6.45) is 3.36. The van der Waals surface area contributed by atoms with Crippen molar-refractivity contribution in [1.82, 2.24) is 84.1 Å². The number of para-hydroxylation sites is 1. The van der Waals surface area contributed by atoms with Gasteiger partial charge in [0.2, 0.25) is 88.6 Å². The fraction of sp³-hybridized carbons (Fsp3) is 0.623. The Morgan fingerprint density at radius 2 is 0.992 bits per heavy atom. The number of unbranched alkanes of at least 4 members (excludes halogenated alkanes) is 2. The summed E-state index contributed by atoms with van der Waals surface area (Å²) in [4.78, 5) is 248. The van der Waals surface area contributed by atoms with Gasteiger partial charge < -0.3 is 124 Å². The smallest absolute Gasteiger partial charge is 0.326 e. The number of imidazole rings is 1. The van der Waals surface area contributed by atoms with E-state index in [1.165, 1.54) is 52.0 Å². The molecule has 43 heteroatoms. The predicted molar refractivity (Wildman–Crippen MR) is 445 cm³/mol. The standard InChI is InChI=1S/C77H125N23O19S/c1-12-41(6)61(99-69(112)52(25-28-59(103)104)97-75(119)77(9,10)100-73(116)60(40(4)5)98-62(105)42(7)79)72(115)93-51(24-27-58(81)102)67(110)94-54(33-39(2)3)70(113)92-53(29-32-120-11)68(111)95-55(35-45-37-84-38-87-45)71(114)91-50(23-26-57(80)101)66(109)90-48(22-16-18-31-85-76(82)83)64(107)88-43(8)63(106)89-49(21-15-17-30-78)65(108)96-56(74(117)118)34-44-36-86-47-20-14-13-19-46(44)47/h13-14,19-20,36-43,48-56,60-61,86H,12,15-18,21-35,78-79H2,1-11H3,(H2,80,101)(H2,81,102)(H,84,87)(H,88,107)(H,89,106)(H,90,109)(H,91,114)(H,92,113)(H,93,115)(H,94,110)(H,95,111)(H,96,108)(H,97,119)(H,98,105)(H,99,112)(H,100,116)(H,103,104)(H,117,118)(H4,82,83,85)/t41-,42-,43-,48-,49-,50-,51-,52-,53-,54-,55-,56-,60-,61-/m0/s1. The summed E-state index contributed by atoms with van der Waals surface area (Å²) < 4.78 is 0. The molecule has 2 aromatic heterocycles. The second-order valence-electron chi connectivity index (χ2n) is 30.9. The van der Waals surface area contributed by atoms with Gasteiger partial charge in [0.1, 0.15) is 78.0 Å². The molecule has 3 rings (SSSR count). The fourth-order valence-electron chi connectivity index (χ4n) is 12.2. The first-order valence-electron chi connectivity index (χ1n) is 39.9. The number of rotatable bonds is 57. The Bertz CT molecular complexity index is 4000. The molecule has 0 radical (unpaired) electrons. The first-order chi connectivity index (χ1) is 56.4. The molecule has 0 aliphatic rings. The van der Waals surface area contributed by atoms with Gasteiger partial charge in [-0.2, -0.15) is 11.8 Å². The van der Waals surface area contributed by atoms with E-state index in [4.69, 9.17) is 34.4 Å². The van der Waals surface area contributed by atoms with Crippen LogP contribution in [0.1, 0.15) is 177 Å². The third kappa shape index (κ3) is 36.4. The van der Waals surface area contributed by atoms with Gasteiger partial charge in [0.05, 0.1) is 12.4 Å². The van der Waals surface area contributed by atoms with E-state index >= 15 is 0 Å². The number of carbonyl (C=O) groups is 17. The maximum absolute atomic E-state index is 14.8. The highest BCUT2D eigenvalue weighted by Gasteiger charge is 2.41. The molecule has 0 saturated carbocycles. The summed E-state index contributed by atoms with van der Waals surface area (Å²) >= 11 is 1.27. The zero-order valence-electron chi connectivity index (χ0n) is 70.0. The van der Waals surface area contributed by atoms with Gasteiger partial charge in [-0.1, -0.05) is 66.2 Å². The number of guanidine groups is 1. The average molecular weight is 1710 g/mol. The number of primary amides is 2. The van der Waals surface area contributed by atoms with Crippen LogP contribution in [-0.4, -0.2) is 241 Å². The molecular weight excluding hydrogens is 1580 g/mol. The summed E-state index contributed by atoms with van der Waals surface area (Å²) in [5.41, 5.74) is 33.5. The normalized spacial score (nSPS) is 14.9. The molecule has 0 unspecified atom stereocenters. The van der Waals surface area contributed by atoms with Gasteiger partial charge in [-0.05, 0) is 146 Å². The molecule has 0 aliphatic heterocycles. The lowest BCUT2D eigenvalue weighted by Gasteiger charge is -2.32. The summed E-state index contributed by atoms with van der Waals surface area (Å²) in [5.74, 6) is -18.3. The molecule has 0 saturated heterocycles. The van der Waals surface area contributed by atoms with Crippen molar-refractivity contribution < 1.29 is 91.7 Å². The second-order valence-corrected chi connectivity index (χ2v) is 31.9. The van der Waals surface area contributed by atoms with Crippen molar-refractivity contribution >= 4 is 129 Å². The van der Waals surface area contributed by atoms with Crippen molar-refractivity contribution in [2.45, 2.75) is 262 Å². The molecule has 668 valence electrons. The topological polar surface area (TPSA) is 700 Å². The number of thioether (sulfide) groups is 1. The van der Waals surface area contributed by atoms with Crippen LogP contribution in [0.5, 0.6) is 0 Å².